The molecule has 2 N–H and O–H groups in total. The van der Waals surface area contributed by atoms with E-state index in [1.807, 2.05) is 19.1 Å². The molecule has 1 unspecified atom stereocenters. The van der Waals surface area contributed by atoms with E-state index in [0.29, 0.717) is 5.75 Å². The molecule has 4 nitrogen and oxygen atoms in total. The molecule has 0 radical (unpaired) electrons. The highest BCUT2D eigenvalue weighted by Crippen LogP contribution is 2.09. The number of phenols is 1. The van der Waals surface area contributed by atoms with Gasteiger partial charge in [-0.2, -0.15) is 0 Å². The Morgan fingerprint density at radius 3 is 2.29 bits per heavy atom. The number of benzene rings is 1. The lowest BCUT2D eigenvalue weighted by molar-refractivity contribution is -0.119. The standard InChI is InChI=1S/C13H21NO3/c1-10(13(16-2)17-3)14-9-8-11-4-6-12(15)7-5-11/h4-7,10,13-15H,8-9H2,1-3H3. The van der Waals surface area contributed by atoms with E-state index in [-0.39, 0.29) is 12.3 Å². The Labute approximate surface area is 103 Å². The summed E-state index contributed by atoms with van der Waals surface area (Å²) >= 11 is 0. The second kappa shape index (κ2) is 7.27. The van der Waals surface area contributed by atoms with Crippen LogP contribution >= 0.6 is 0 Å². The minimum atomic E-state index is -0.227. The summed E-state index contributed by atoms with van der Waals surface area (Å²) < 4.78 is 10.3. The Balaban J connectivity index is 2.30. The quantitative estimate of drug-likeness (QED) is 0.709. The minimum Gasteiger partial charge on any atom is -0.508 e. The summed E-state index contributed by atoms with van der Waals surface area (Å²) in [6, 6.07) is 7.39. The topological polar surface area (TPSA) is 50.7 Å². The van der Waals surface area contributed by atoms with Crippen LogP contribution in [0.3, 0.4) is 0 Å². The van der Waals surface area contributed by atoms with Crippen molar-refractivity contribution < 1.29 is 14.6 Å². The molecule has 1 rings (SSSR count). The maximum Gasteiger partial charge on any atom is 0.171 e. The first-order chi connectivity index (χ1) is 8.17. The van der Waals surface area contributed by atoms with Crippen LogP contribution in [0.1, 0.15) is 12.5 Å². The van der Waals surface area contributed by atoms with Gasteiger partial charge in [0.15, 0.2) is 6.29 Å². The molecule has 0 fully saturated rings. The van der Waals surface area contributed by atoms with Gasteiger partial charge >= 0.3 is 0 Å². The van der Waals surface area contributed by atoms with E-state index in [2.05, 4.69) is 5.32 Å². The summed E-state index contributed by atoms with van der Waals surface area (Å²) in [5.74, 6) is 0.300. The van der Waals surface area contributed by atoms with Crippen molar-refractivity contribution in [2.45, 2.75) is 25.7 Å². The van der Waals surface area contributed by atoms with E-state index in [4.69, 9.17) is 14.6 Å². The molecular weight excluding hydrogens is 218 g/mol. The predicted molar refractivity (Wildman–Crippen MR) is 67.1 cm³/mol. The highest BCUT2D eigenvalue weighted by Gasteiger charge is 2.14. The molecule has 0 bridgehead atoms. The van der Waals surface area contributed by atoms with Gasteiger partial charge in [-0.1, -0.05) is 12.1 Å². The SMILES string of the molecule is COC(OC)C(C)NCCc1ccc(O)cc1. The number of rotatable bonds is 7. The van der Waals surface area contributed by atoms with Crippen molar-refractivity contribution in [2.24, 2.45) is 0 Å². The molecule has 0 saturated carbocycles. The van der Waals surface area contributed by atoms with E-state index < -0.39 is 0 Å². The molecule has 0 amide bonds. The molecule has 0 aromatic heterocycles. The maximum absolute atomic E-state index is 9.16. The van der Waals surface area contributed by atoms with Gasteiger partial charge in [0.05, 0.1) is 6.04 Å². The smallest absolute Gasteiger partial charge is 0.171 e. The van der Waals surface area contributed by atoms with Gasteiger partial charge in [0, 0.05) is 14.2 Å². The van der Waals surface area contributed by atoms with Gasteiger partial charge in [0.1, 0.15) is 5.75 Å². The minimum absolute atomic E-state index is 0.141. The average Bonchev–Trinajstić information content (AvgIpc) is 2.33. The summed E-state index contributed by atoms with van der Waals surface area (Å²) in [5, 5.41) is 12.5. The molecule has 1 atom stereocenters. The fourth-order valence-corrected chi connectivity index (χ4v) is 1.71. The number of methoxy groups -OCH3 is 2. The van der Waals surface area contributed by atoms with Crippen LogP contribution in [0.4, 0.5) is 0 Å². The molecule has 0 aliphatic heterocycles. The summed E-state index contributed by atoms with van der Waals surface area (Å²) in [7, 11) is 3.26. The second-order valence-electron chi connectivity index (χ2n) is 4.00. The zero-order valence-electron chi connectivity index (χ0n) is 10.6. The normalized spacial score (nSPS) is 12.9. The van der Waals surface area contributed by atoms with Gasteiger partial charge in [0.25, 0.3) is 0 Å². The largest absolute Gasteiger partial charge is 0.508 e. The van der Waals surface area contributed by atoms with Crippen molar-refractivity contribution in [3.63, 3.8) is 0 Å². The third kappa shape index (κ3) is 4.73. The van der Waals surface area contributed by atoms with Crippen molar-refractivity contribution in [1.29, 1.82) is 0 Å². The van der Waals surface area contributed by atoms with E-state index in [1.54, 1.807) is 26.4 Å². The fraction of sp³-hybridized carbons (Fsp3) is 0.538. The monoisotopic (exact) mass is 239 g/mol. The highest BCUT2D eigenvalue weighted by molar-refractivity contribution is 5.25. The van der Waals surface area contributed by atoms with Crippen molar-refractivity contribution in [1.82, 2.24) is 5.32 Å². The zero-order valence-corrected chi connectivity index (χ0v) is 10.6. The highest BCUT2D eigenvalue weighted by atomic mass is 16.7. The zero-order chi connectivity index (χ0) is 12.7. The van der Waals surface area contributed by atoms with Crippen molar-refractivity contribution in [3.8, 4) is 5.75 Å². The molecule has 0 spiro atoms. The van der Waals surface area contributed by atoms with E-state index in [9.17, 15) is 0 Å². The van der Waals surface area contributed by atoms with Crippen LogP contribution in [0.5, 0.6) is 5.75 Å². The number of hydrogen-bond acceptors (Lipinski definition) is 4. The summed E-state index contributed by atoms with van der Waals surface area (Å²) in [6.45, 7) is 2.86. The van der Waals surface area contributed by atoms with Crippen LogP contribution in [-0.2, 0) is 15.9 Å². The predicted octanol–water partition coefficient (Wildman–Crippen LogP) is 1.53. The molecule has 4 heteroatoms. The Bertz CT molecular complexity index is 309. The van der Waals surface area contributed by atoms with E-state index in [0.717, 1.165) is 13.0 Å². The van der Waals surface area contributed by atoms with Gasteiger partial charge in [-0.25, -0.2) is 0 Å². The van der Waals surface area contributed by atoms with Crippen molar-refractivity contribution >= 4 is 0 Å². The average molecular weight is 239 g/mol. The van der Waals surface area contributed by atoms with Gasteiger partial charge in [-0.3, -0.25) is 0 Å². The van der Waals surface area contributed by atoms with E-state index in [1.165, 1.54) is 5.56 Å². The van der Waals surface area contributed by atoms with Crippen molar-refractivity contribution in [2.75, 3.05) is 20.8 Å². The second-order valence-corrected chi connectivity index (χ2v) is 4.00. The third-order valence-electron chi connectivity index (χ3n) is 2.69. The van der Waals surface area contributed by atoms with Crippen LogP contribution in [0, 0.1) is 0 Å². The molecule has 0 saturated heterocycles. The van der Waals surface area contributed by atoms with Crippen LogP contribution < -0.4 is 5.32 Å². The molecule has 1 aromatic rings. The first kappa shape index (κ1) is 14.0. The summed E-state index contributed by atoms with van der Waals surface area (Å²) in [5.41, 5.74) is 1.19. The number of aromatic hydroxyl groups is 1. The Morgan fingerprint density at radius 1 is 1.18 bits per heavy atom. The van der Waals surface area contributed by atoms with Crippen LogP contribution in [0.15, 0.2) is 24.3 Å². The molecule has 0 heterocycles. The number of phenolic OH excluding ortho intramolecular Hbond substituents is 1. The van der Waals surface area contributed by atoms with Crippen LogP contribution in [-0.4, -0.2) is 38.2 Å². The molecule has 17 heavy (non-hydrogen) atoms. The lowest BCUT2D eigenvalue weighted by Gasteiger charge is -2.22. The Morgan fingerprint density at radius 2 is 1.76 bits per heavy atom. The van der Waals surface area contributed by atoms with Gasteiger partial charge < -0.3 is 19.9 Å². The fourth-order valence-electron chi connectivity index (χ4n) is 1.71. The number of nitrogens with one attached hydrogen (secondary N) is 1. The van der Waals surface area contributed by atoms with Gasteiger partial charge in [-0.15, -0.1) is 0 Å². The van der Waals surface area contributed by atoms with Gasteiger partial charge in [0.2, 0.25) is 0 Å². The van der Waals surface area contributed by atoms with Gasteiger partial charge in [-0.05, 0) is 37.6 Å². The molecule has 96 valence electrons. The first-order valence-corrected chi connectivity index (χ1v) is 5.74. The third-order valence-corrected chi connectivity index (χ3v) is 2.69. The summed E-state index contributed by atoms with van der Waals surface area (Å²) in [6.07, 6.45) is 0.680. The molecule has 0 aliphatic rings. The lowest BCUT2D eigenvalue weighted by atomic mass is 10.1. The first-order valence-electron chi connectivity index (χ1n) is 5.74. The van der Waals surface area contributed by atoms with Crippen LogP contribution in [0.2, 0.25) is 0 Å². The maximum atomic E-state index is 9.16. The van der Waals surface area contributed by atoms with Crippen molar-refractivity contribution in [3.05, 3.63) is 29.8 Å². The Kier molecular flexibility index (Phi) is 5.97. The molecule has 1 aromatic carbocycles. The summed E-state index contributed by atoms with van der Waals surface area (Å²) in [4.78, 5) is 0. The molecule has 0 aliphatic carbocycles. The van der Waals surface area contributed by atoms with Crippen LogP contribution in [0.25, 0.3) is 0 Å². The lowest BCUT2D eigenvalue weighted by Crippen LogP contribution is -2.40. The number of hydrogen-bond donors (Lipinski definition) is 2. The number of ether oxygens (including phenoxy) is 2. The molecular formula is C13H21NO3. The van der Waals surface area contributed by atoms with E-state index >= 15 is 0 Å². The Hall–Kier alpha value is -1.10.